The van der Waals surface area contributed by atoms with Crippen LogP contribution in [0.3, 0.4) is 0 Å². The average molecular weight is 287 g/mol. The number of para-hydroxylation sites is 1. The molecule has 1 aliphatic heterocycles. The number of ether oxygens (including phenoxy) is 1. The van der Waals surface area contributed by atoms with E-state index in [2.05, 4.69) is 19.7 Å². The van der Waals surface area contributed by atoms with E-state index in [0.717, 1.165) is 49.7 Å². The SMILES string of the molecule is NCc1ccccc1OCCCN1CCn2cnnc2C1. The molecule has 112 valence electrons. The summed E-state index contributed by atoms with van der Waals surface area (Å²) in [6, 6.07) is 7.95. The first kappa shape index (κ1) is 14.0. The zero-order valence-electron chi connectivity index (χ0n) is 12.1. The van der Waals surface area contributed by atoms with Gasteiger partial charge in [-0.3, -0.25) is 4.90 Å². The second kappa shape index (κ2) is 6.69. The standard InChI is InChI=1S/C15H21N5O/c16-10-13-4-1-2-5-14(13)21-9-3-6-19-7-8-20-12-17-18-15(20)11-19/h1-2,4-5,12H,3,6-11,16H2. The van der Waals surface area contributed by atoms with Crippen LogP contribution in [0.1, 0.15) is 17.8 Å². The van der Waals surface area contributed by atoms with Gasteiger partial charge in [-0.2, -0.15) is 0 Å². The zero-order valence-corrected chi connectivity index (χ0v) is 12.1. The highest BCUT2D eigenvalue weighted by atomic mass is 16.5. The van der Waals surface area contributed by atoms with Crippen molar-refractivity contribution in [3.63, 3.8) is 0 Å². The minimum absolute atomic E-state index is 0.512. The number of hydrogen-bond acceptors (Lipinski definition) is 5. The van der Waals surface area contributed by atoms with Gasteiger partial charge < -0.3 is 15.0 Å². The summed E-state index contributed by atoms with van der Waals surface area (Å²) in [7, 11) is 0. The Morgan fingerprint density at radius 2 is 2.14 bits per heavy atom. The minimum Gasteiger partial charge on any atom is -0.493 e. The van der Waals surface area contributed by atoms with Crippen LogP contribution in [0.15, 0.2) is 30.6 Å². The van der Waals surface area contributed by atoms with Crippen LogP contribution in [0, 0.1) is 0 Å². The molecule has 0 saturated carbocycles. The van der Waals surface area contributed by atoms with Crippen LogP contribution < -0.4 is 10.5 Å². The van der Waals surface area contributed by atoms with Gasteiger partial charge in [-0.1, -0.05) is 18.2 Å². The van der Waals surface area contributed by atoms with E-state index < -0.39 is 0 Å². The smallest absolute Gasteiger partial charge is 0.147 e. The van der Waals surface area contributed by atoms with Crippen molar-refractivity contribution >= 4 is 0 Å². The van der Waals surface area contributed by atoms with Crippen molar-refractivity contribution in [3.8, 4) is 5.75 Å². The maximum atomic E-state index is 5.83. The Bertz CT molecular complexity index is 583. The molecule has 1 aliphatic rings. The number of nitrogens with two attached hydrogens (primary N) is 1. The molecule has 1 aromatic carbocycles. The van der Waals surface area contributed by atoms with Crippen LogP contribution in [0.5, 0.6) is 5.75 Å². The monoisotopic (exact) mass is 287 g/mol. The van der Waals surface area contributed by atoms with Crippen LogP contribution in [0.4, 0.5) is 0 Å². The number of aromatic nitrogens is 3. The third-order valence-corrected chi connectivity index (χ3v) is 3.79. The summed E-state index contributed by atoms with van der Waals surface area (Å²) in [5.74, 6) is 1.95. The van der Waals surface area contributed by atoms with Crippen molar-refractivity contribution in [3.05, 3.63) is 42.0 Å². The lowest BCUT2D eigenvalue weighted by Crippen LogP contribution is -2.34. The number of benzene rings is 1. The van der Waals surface area contributed by atoms with E-state index in [0.29, 0.717) is 13.2 Å². The molecule has 0 amide bonds. The Hall–Kier alpha value is -1.92. The highest BCUT2D eigenvalue weighted by Crippen LogP contribution is 2.17. The molecule has 3 rings (SSSR count). The fourth-order valence-electron chi connectivity index (χ4n) is 2.59. The van der Waals surface area contributed by atoms with E-state index in [1.165, 1.54) is 0 Å². The van der Waals surface area contributed by atoms with Crippen LogP contribution in [-0.4, -0.2) is 39.4 Å². The van der Waals surface area contributed by atoms with E-state index in [1.54, 1.807) is 6.33 Å². The van der Waals surface area contributed by atoms with Crippen LogP contribution in [0.25, 0.3) is 0 Å². The maximum Gasteiger partial charge on any atom is 0.147 e. The van der Waals surface area contributed by atoms with Gasteiger partial charge in [-0.25, -0.2) is 0 Å². The third kappa shape index (κ3) is 3.40. The molecule has 0 aliphatic carbocycles. The zero-order chi connectivity index (χ0) is 14.5. The summed E-state index contributed by atoms with van der Waals surface area (Å²) in [6.45, 7) is 5.12. The Morgan fingerprint density at radius 3 is 3.05 bits per heavy atom. The molecule has 0 saturated heterocycles. The number of fused-ring (bicyclic) bond motifs is 1. The molecule has 21 heavy (non-hydrogen) atoms. The lowest BCUT2D eigenvalue weighted by Gasteiger charge is -2.26. The molecule has 2 N–H and O–H groups in total. The normalized spacial score (nSPS) is 14.9. The minimum atomic E-state index is 0.512. The van der Waals surface area contributed by atoms with Crippen molar-refractivity contribution in [1.29, 1.82) is 0 Å². The highest BCUT2D eigenvalue weighted by molar-refractivity contribution is 5.32. The number of hydrogen-bond donors (Lipinski definition) is 1. The molecule has 2 aromatic rings. The van der Waals surface area contributed by atoms with Gasteiger partial charge in [0.15, 0.2) is 0 Å². The van der Waals surface area contributed by atoms with Crippen LogP contribution in [0.2, 0.25) is 0 Å². The predicted octanol–water partition coefficient (Wildman–Crippen LogP) is 1.02. The second-order valence-corrected chi connectivity index (χ2v) is 5.23. The fraction of sp³-hybridized carbons (Fsp3) is 0.467. The molecule has 6 nitrogen and oxygen atoms in total. The Labute approximate surface area is 124 Å². The average Bonchev–Trinajstić information content (AvgIpc) is 2.99. The summed E-state index contributed by atoms with van der Waals surface area (Å²) >= 11 is 0. The molecule has 0 radical (unpaired) electrons. The van der Waals surface area contributed by atoms with Gasteiger partial charge >= 0.3 is 0 Å². The third-order valence-electron chi connectivity index (χ3n) is 3.79. The summed E-state index contributed by atoms with van der Waals surface area (Å²) < 4.78 is 7.95. The Morgan fingerprint density at radius 1 is 1.24 bits per heavy atom. The van der Waals surface area contributed by atoms with Gasteiger partial charge in [0.1, 0.15) is 17.9 Å². The van der Waals surface area contributed by atoms with E-state index in [-0.39, 0.29) is 0 Å². The van der Waals surface area contributed by atoms with Crippen molar-refractivity contribution in [2.45, 2.75) is 26.1 Å². The maximum absolute atomic E-state index is 5.83. The van der Waals surface area contributed by atoms with Gasteiger partial charge in [-0.05, 0) is 12.5 Å². The topological polar surface area (TPSA) is 69.2 Å². The molecule has 6 heteroatoms. The fourth-order valence-corrected chi connectivity index (χ4v) is 2.59. The second-order valence-electron chi connectivity index (χ2n) is 5.23. The van der Waals surface area contributed by atoms with Gasteiger partial charge in [0, 0.05) is 31.7 Å². The van der Waals surface area contributed by atoms with Gasteiger partial charge in [0.25, 0.3) is 0 Å². The molecule has 0 unspecified atom stereocenters. The van der Waals surface area contributed by atoms with E-state index in [4.69, 9.17) is 10.5 Å². The van der Waals surface area contributed by atoms with E-state index in [9.17, 15) is 0 Å². The number of rotatable bonds is 6. The molecule has 0 atom stereocenters. The quantitative estimate of drug-likeness (QED) is 0.803. The summed E-state index contributed by atoms with van der Waals surface area (Å²) in [5.41, 5.74) is 6.76. The van der Waals surface area contributed by atoms with Crippen LogP contribution >= 0.6 is 0 Å². The molecule has 2 heterocycles. The molecular formula is C15H21N5O. The van der Waals surface area contributed by atoms with Crippen molar-refractivity contribution in [2.75, 3.05) is 19.7 Å². The Kier molecular flexibility index (Phi) is 4.47. The first-order valence-corrected chi connectivity index (χ1v) is 7.36. The van der Waals surface area contributed by atoms with Crippen molar-refractivity contribution in [1.82, 2.24) is 19.7 Å². The van der Waals surface area contributed by atoms with Crippen molar-refractivity contribution in [2.24, 2.45) is 5.73 Å². The molecule has 0 fully saturated rings. The van der Waals surface area contributed by atoms with E-state index in [1.807, 2.05) is 24.3 Å². The highest BCUT2D eigenvalue weighted by Gasteiger charge is 2.16. The molecule has 0 spiro atoms. The Balaban J connectivity index is 1.43. The summed E-state index contributed by atoms with van der Waals surface area (Å²) in [5, 5.41) is 8.07. The molecular weight excluding hydrogens is 266 g/mol. The largest absolute Gasteiger partial charge is 0.493 e. The summed E-state index contributed by atoms with van der Waals surface area (Å²) in [6.07, 6.45) is 2.80. The first-order valence-electron chi connectivity index (χ1n) is 7.36. The van der Waals surface area contributed by atoms with Crippen LogP contribution in [-0.2, 0) is 19.6 Å². The lowest BCUT2D eigenvalue weighted by atomic mass is 10.2. The van der Waals surface area contributed by atoms with Crippen molar-refractivity contribution < 1.29 is 4.74 Å². The first-order chi connectivity index (χ1) is 10.4. The van der Waals surface area contributed by atoms with Gasteiger partial charge in [-0.15, -0.1) is 10.2 Å². The number of nitrogens with zero attached hydrogens (tertiary/aromatic N) is 4. The lowest BCUT2D eigenvalue weighted by molar-refractivity contribution is 0.195. The summed E-state index contributed by atoms with van der Waals surface area (Å²) in [4.78, 5) is 2.39. The van der Waals surface area contributed by atoms with E-state index >= 15 is 0 Å². The van der Waals surface area contributed by atoms with Gasteiger partial charge in [0.2, 0.25) is 0 Å². The van der Waals surface area contributed by atoms with Gasteiger partial charge in [0.05, 0.1) is 13.2 Å². The predicted molar refractivity (Wildman–Crippen MR) is 79.7 cm³/mol. The molecule has 1 aromatic heterocycles. The molecule has 0 bridgehead atoms.